The quantitative estimate of drug-likeness (QED) is 0.865. The molecule has 1 aromatic rings. The van der Waals surface area contributed by atoms with Crippen LogP contribution in [0, 0.1) is 0 Å². The summed E-state index contributed by atoms with van der Waals surface area (Å²) in [6, 6.07) is 7.97. The highest BCUT2D eigenvalue weighted by Gasteiger charge is 2.31. The van der Waals surface area contributed by atoms with Crippen molar-refractivity contribution < 1.29 is 9.84 Å². The number of likely N-dealkylation sites (tertiary alicyclic amines) is 1. The molecule has 0 bridgehead atoms. The molecule has 1 heterocycles. The average Bonchev–Trinajstić information content (AvgIpc) is 2.29. The van der Waals surface area contributed by atoms with E-state index in [4.69, 9.17) is 4.74 Å². The van der Waals surface area contributed by atoms with Crippen LogP contribution in [-0.2, 0) is 6.42 Å². The molecule has 94 valence electrons. The molecule has 1 aliphatic rings. The molecule has 0 amide bonds. The summed E-state index contributed by atoms with van der Waals surface area (Å²) in [7, 11) is 3.73. The molecule has 0 aromatic heterocycles. The topological polar surface area (TPSA) is 32.7 Å². The number of hydrogen-bond acceptors (Lipinski definition) is 3. The molecule has 3 nitrogen and oxygen atoms in total. The molecular formula is C14H21NO2. The zero-order valence-electron chi connectivity index (χ0n) is 10.6. The number of methoxy groups -OCH3 is 1. The SMILES string of the molecule is COc1ccc(CC2(O)CCCN(C)C2)cc1. The Morgan fingerprint density at radius 2 is 2.06 bits per heavy atom. The van der Waals surface area contributed by atoms with Gasteiger partial charge in [-0.2, -0.15) is 0 Å². The van der Waals surface area contributed by atoms with Gasteiger partial charge in [0.15, 0.2) is 0 Å². The second-order valence-corrected chi connectivity index (χ2v) is 5.09. The van der Waals surface area contributed by atoms with Crippen molar-refractivity contribution in [3.63, 3.8) is 0 Å². The molecule has 0 radical (unpaired) electrons. The van der Waals surface area contributed by atoms with Crippen molar-refractivity contribution in [1.82, 2.24) is 4.90 Å². The lowest BCUT2D eigenvalue weighted by Crippen LogP contribution is -2.47. The Labute approximate surface area is 103 Å². The van der Waals surface area contributed by atoms with Gasteiger partial charge in [-0.05, 0) is 44.1 Å². The molecular weight excluding hydrogens is 214 g/mol. The number of aliphatic hydroxyl groups is 1. The van der Waals surface area contributed by atoms with Crippen LogP contribution in [0.5, 0.6) is 5.75 Å². The van der Waals surface area contributed by atoms with Crippen molar-refractivity contribution in [2.75, 3.05) is 27.2 Å². The van der Waals surface area contributed by atoms with Crippen LogP contribution < -0.4 is 4.74 Å². The summed E-state index contributed by atoms with van der Waals surface area (Å²) in [5, 5.41) is 10.5. The number of nitrogens with zero attached hydrogens (tertiary/aromatic N) is 1. The van der Waals surface area contributed by atoms with Crippen molar-refractivity contribution in [2.45, 2.75) is 24.9 Å². The summed E-state index contributed by atoms with van der Waals surface area (Å²) in [4.78, 5) is 2.20. The standard InChI is InChI=1S/C14H21NO2/c1-15-9-3-8-14(16,11-15)10-12-4-6-13(17-2)7-5-12/h4-7,16H,3,8-11H2,1-2H3. The van der Waals surface area contributed by atoms with Crippen LogP contribution >= 0.6 is 0 Å². The molecule has 1 aromatic carbocycles. The average molecular weight is 235 g/mol. The maximum Gasteiger partial charge on any atom is 0.118 e. The summed E-state index contributed by atoms with van der Waals surface area (Å²) in [6.45, 7) is 1.85. The first kappa shape index (κ1) is 12.4. The predicted molar refractivity (Wildman–Crippen MR) is 68.4 cm³/mol. The van der Waals surface area contributed by atoms with Gasteiger partial charge in [0.2, 0.25) is 0 Å². The Bertz CT molecular complexity index is 363. The van der Waals surface area contributed by atoms with Gasteiger partial charge < -0.3 is 14.7 Å². The van der Waals surface area contributed by atoms with E-state index < -0.39 is 5.60 Å². The van der Waals surface area contributed by atoms with Gasteiger partial charge in [-0.3, -0.25) is 0 Å². The van der Waals surface area contributed by atoms with E-state index in [-0.39, 0.29) is 0 Å². The largest absolute Gasteiger partial charge is 0.497 e. The lowest BCUT2D eigenvalue weighted by Gasteiger charge is -2.37. The fourth-order valence-corrected chi connectivity index (χ4v) is 2.61. The van der Waals surface area contributed by atoms with Gasteiger partial charge in [0.25, 0.3) is 0 Å². The minimum Gasteiger partial charge on any atom is -0.497 e. The Kier molecular flexibility index (Phi) is 3.69. The number of ether oxygens (including phenoxy) is 1. The van der Waals surface area contributed by atoms with Gasteiger partial charge in [-0.15, -0.1) is 0 Å². The molecule has 17 heavy (non-hydrogen) atoms. The summed E-state index contributed by atoms with van der Waals surface area (Å²) in [5.41, 5.74) is 0.602. The van der Waals surface area contributed by atoms with Crippen molar-refractivity contribution >= 4 is 0 Å². The minimum absolute atomic E-state index is 0.568. The van der Waals surface area contributed by atoms with Crippen LogP contribution in [0.4, 0.5) is 0 Å². The molecule has 3 heteroatoms. The van der Waals surface area contributed by atoms with Crippen molar-refractivity contribution in [2.24, 2.45) is 0 Å². The van der Waals surface area contributed by atoms with Gasteiger partial charge in [-0.25, -0.2) is 0 Å². The summed E-state index contributed by atoms with van der Waals surface area (Å²) < 4.78 is 5.13. The monoisotopic (exact) mass is 235 g/mol. The Morgan fingerprint density at radius 1 is 1.35 bits per heavy atom. The smallest absolute Gasteiger partial charge is 0.118 e. The van der Waals surface area contributed by atoms with Crippen LogP contribution in [0.3, 0.4) is 0 Å². The molecule has 0 saturated carbocycles. The van der Waals surface area contributed by atoms with Gasteiger partial charge >= 0.3 is 0 Å². The number of piperidine rings is 1. The molecule has 1 aliphatic heterocycles. The highest BCUT2D eigenvalue weighted by molar-refractivity contribution is 5.28. The van der Waals surface area contributed by atoms with E-state index in [2.05, 4.69) is 11.9 Å². The number of likely N-dealkylation sites (N-methyl/N-ethyl adjacent to an activating group) is 1. The molecule has 1 saturated heterocycles. The van der Waals surface area contributed by atoms with Crippen LogP contribution in [0.1, 0.15) is 18.4 Å². The lowest BCUT2D eigenvalue weighted by molar-refractivity contribution is -0.0223. The van der Waals surface area contributed by atoms with Crippen LogP contribution in [-0.4, -0.2) is 42.9 Å². The zero-order chi connectivity index (χ0) is 12.3. The second kappa shape index (κ2) is 5.07. The van der Waals surface area contributed by atoms with Gasteiger partial charge in [0.1, 0.15) is 5.75 Å². The van der Waals surface area contributed by atoms with Crippen molar-refractivity contribution in [3.8, 4) is 5.75 Å². The molecule has 0 aliphatic carbocycles. The van der Waals surface area contributed by atoms with E-state index in [0.717, 1.165) is 38.1 Å². The van der Waals surface area contributed by atoms with E-state index in [9.17, 15) is 5.11 Å². The molecule has 0 spiro atoms. The van der Waals surface area contributed by atoms with E-state index in [1.54, 1.807) is 7.11 Å². The molecule has 1 atom stereocenters. The predicted octanol–water partition coefficient (Wildman–Crippen LogP) is 1.69. The summed E-state index contributed by atoms with van der Waals surface area (Å²) in [6.07, 6.45) is 2.69. The van der Waals surface area contributed by atoms with E-state index >= 15 is 0 Å². The van der Waals surface area contributed by atoms with Crippen LogP contribution in [0.15, 0.2) is 24.3 Å². The normalized spacial score (nSPS) is 25.8. The number of β-amino-alcohol motifs (C(OH)–C–C–N with tert-alkyl or cyclic N) is 1. The lowest BCUT2D eigenvalue weighted by atomic mass is 9.87. The maximum absolute atomic E-state index is 10.5. The Morgan fingerprint density at radius 3 is 2.65 bits per heavy atom. The summed E-state index contributed by atoms with van der Waals surface area (Å²) >= 11 is 0. The number of hydrogen-bond donors (Lipinski definition) is 1. The second-order valence-electron chi connectivity index (χ2n) is 5.09. The minimum atomic E-state index is -0.568. The third kappa shape index (κ3) is 3.20. The third-order valence-electron chi connectivity index (χ3n) is 3.44. The molecule has 1 fully saturated rings. The first-order chi connectivity index (χ1) is 8.11. The maximum atomic E-state index is 10.5. The highest BCUT2D eigenvalue weighted by Crippen LogP contribution is 2.25. The van der Waals surface area contributed by atoms with Crippen LogP contribution in [0.2, 0.25) is 0 Å². The van der Waals surface area contributed by atoms with Crippen LogP contribution in [0.25, 0.3) is 0 Å². The first-order valence-electron chi connectivity index (χ1n) is 6.15. The van der Waals surface area contributed by atoms with Crippen molar-refractivity contribution in [1.29, 1.82) is 0 Å². The highest BCUT2D eigenvalue weighted by atomic mass is 16.5. The summed E-state index contributed by atoms with van der Waals surface area (Å²) in [5.74, 6) is 0.863. The van der Waals surface area contributed by atoms with E-state index in [0.29, 0.717) is 0 Å². The molecule has 1 N–H and O–H groups in total. The first-order valence-corrected chi connectivity index (χ1v) is 6.15. The van der Waals surface area contributed by atoms with Gasteiger partial charge in [-0.1, -0.05) is 12.1 Å². The van der Waals surface area contributed by atoms with Gasteiger partial charge in [0, 0.05) is 13.0 Å². The zero-order valence-corrected chi connectivity index (χ0v) is 10.6. The molecule has 1 unspecified atom stereocenters. The van der Waals surface area contributed by atoms with E-state index in [1.807, 2.05) is 24.3 Å². The fourth-order valence-electron chi connectivity index (χ4n) is 2.61. The number of benzene rings is 1. The number of rotatable bonds is 3. The molecule has 2 rings (SSSR count). The Balaban J connectivity index is 2.03. The van der Waals surface area contributed by atoms with Crippen molar-refractivity contribution in [3.05, 3.63) is 29.8 Å². The third-order valence-corrected chi connectivity index (χ3v) is 3.44. The Hall–Kier alpha value is -1.06. The van der Waals surface area contributed by atoms with E-state index in [1.165, 1.54) is 5.56 Å². The fraction of sp³-hybridized carbons (Fsp3) is 0.571. The van der Waals surface area contributed by atoms with Gasteiger partial charge in [0.05, 0.1) is 12.7 Å².